The third-order valence-corrected chi connectivity index (χ3v) is 2.79. The van der Waals surface area contributed by atoms with Gasteiger partial charge in [0.25, 0.3) is 0 Å². The molecule has 0 aromatic heterocycles. The number of allylic oxidation sites excluding steroid dienone is 1. The van der Waals surface area contributed by atoms with Crippen molar-refractivity contribution < 1.29 is 9.47 Å². The van der Waals surface area contributed by atoms with Gasteiger partial charge in [0.2, 0.25) is 0 Å². The van der Waals surface area contributed by atoms with Crippen LogP contribution in [0, 0.1) is 0 Å². The first-order chi connectivity index (χ1) is 6.93. The van der Waals surface area contributed by atoms with E-state index in [9.17, 15) is 0 Å². The number of ether oxygens (including phenoxy) is 2. The van der Waals surface area contributed by atoms with Crippen molar-refractivity contribution in [1.82, 2.24) is 0 Å². The summed E-state index contributed by atoms with van der Waals surface area (Å²) in [7, 11) is 0. The maximum Gasteiger partial charge on any atom is 0.157 e. The number of halogens is 1. The molecular formula is C11H19IO2. The van der Waals surface area contributed by atoms with E-state index in [4.69, 9.17) is 9.47 Å². The zero-order valence-electron chi connectivity index (χ0n) is 8.58. The second-order valence-corrected chi connectivity index (χ2v) is 4.48. The summed E-state index contributed by atoms with van der Waals surface area (Å²) in [5.74, 6) is 0. The minimum atomic E-state index is 0.0710. The molecule has 1 fully saturated rings. The lowest BCUT2D eigenvalue weighted by Gasteiger charge is -2.22. The van der Waals surface area contributed by atoms with Crippen LogP contribution in [-0.2, 0) is 9.47 Å². The second kappa shape index (κ2) is 8.68. The van der Waals surface area contributed by atoms with E-state index in [0.29, 0.717) is 0 Å². The number of alkyl halides is 1. The van der Waals surface area contributed by atoms with Crippen molar-refractivity contribution in [2.45, 2.75) is 38.4 Å². The lowest BCUT2D eigenvalue weighted by Crippen LogP contribution is -2.22. The summed E-state index contributed by atoms with van der Waals surface area (Å²) >= 11 is 2.38. The van der Waals surface area contributed by atoms with Crippen LogP contribution in [0.1, 0.15) is 32.1 Å². The highest BCUT2D eigenvalue weighted by molar-refractivity contribution is 14.1. The molecule has 1 rings (SSSR count). The Bertz CT molecular complexity index is 153. The van der Waals surface area contributed by atoms with E-state index in [-0.39, 0.29) is 6.29 Å². The van der Waals surface area contributed by atoms with Gasteiger partial charge in [0.05, 0.1) is 6.61 Å². The van der Waals surface area contributed by atoms with Crippen molar-refractivity contribution >= 4 is 22.6 Å². The van der Waals surface area contributed by atoms with Crippen LogP contribution in [-0.4, -0.2) is 23.9 Å². The first kappa shape index (κ1) is 12.5. The minimum Gasteiger partial charge on any atom is -0.353 e. The summed E-state index contributed by atoms with van der Waals surface area (Å²) < 4.78 is 12.2. The fraction of sp³-hybridized carbons (Fsp3) is 0.818. The van der Waals surface area contributed by atoms with Crippen LogP contribution in [0.15, 0.2) is 12.2 Å². The maximum atomic E-state index is 5.59. The molecule has 0 aromatic carbocycles. The molecule has 0 aromatic rings. The zero-order chi connectivity index (χ0) is 10.1. The summed E-state index contributed by atoms with van der Waals surface area (Å²) in [6.45, 7) is 1.66. The Hall–Kier alpha value is 0.390. The summed E-state index contributed by atoms with van der Waals surface area (Å²) in [6.07, 6.45) is 10.2. The standard InChI is InChI=1S/C11H19IO2/c12-8-4-1-2-5-9-13-11-7-3-6-10-14-11/h1-2,11H,3-10H2/b2-1-. The number of rotatable bonds is 6. The molecule has 2 nitrogen and oxygen atoms in total. The largest absolute Gasteiger partial charge is 0.353 e. The van der Waals surface area contributed by atoms with Crippen LogP contribution in [0.4, 0.5) is 0 Å². The van der Waals surface area contributed by atoms with E-state index in [2.05, 4.69) is 34.7 Å². The molecule has 0 radical (unpaired) electrons. The highest BCUT2D eigenvalue weighted by atomic mass is 127. The van der Waals surface area contributed by atoms with Gasteiger partial charge in [-0.2, -0.15) is 0 Å². The molecule has 1 atom stereocenters. The molecule has 1 aliphatic heterocycles. The third kappa shape index (κ3) is 5.98. The summed E-state index contributed by atoms with van der Waals surface area (Å²) in [5, 5.41) is 0. The van der Waals surface area contributed by atoms with Gasteiger partial charge < -0.3 is 9.47 Å². The molecule has 0 N–H and O–H groups in total. The number of hydrogen-bond acceptors (Lipinski definition) is 2. The normalized spacial score (nSPS) is 23.1. The molecule has 1 aliphatic rings. The third-order valence-electron chi connectivity index (χ3n) is 2.17. The van der Waals surface area contributed by atoms with E-state index in [1.165, 1.54) is 23.7 Å². The van der Waals surface area contributed by atoms with Gasteiger partial charge in [0.15, 0.2) is 6.29 Å². The fourth-order valence-corrected chi connectivity index (χ4v) is 1.77. The van der Waals surface area contributed by atoms with Gasteiger partial charge >= 0.3 is 0 Å². The van der Waals surface area contributed by atoms with Crippen molar-refractivity contribution in [2.24, 2.45) is 0 Å². The zero-order valence-corrected chi connectivity index (χ0v) is 10.7. The molecule has 3 heteroatoms. The topological polar surface area (TPSA) is 18.5 Å². The molecule has 0 bridgehead atoms. The minimum absolute atomic E-state index is 0.0710. The maximum absolute atomic E-state index is 5.59. The SMILES string of the molecule is ICC/C=C\CCOC1CCCCO1. The molecule has 0 amide bonds. The fourth-order valence-electron chi connectivity index (χ4n) is 1.41. The first-order valence-corrected chi connectivity index (χ1v) is 6.90. The van der Waals surface area contributed by atoms with Gasteiger partial charge in [0.1, 0.15) is 0 Å². The Balaban J connectivity index is 1.92. The predicted octanol–water partition coefficient (Wildman–Crippen LogP) is 3.30. The second-order valence-electron chi connectivity index (χ2n) is 3.40. The van der Waals surface area contributed by atoms with Crippen LogP contribution in [0.3, 0.4) is 0 Å². The Morgan fingerprint density at radius 2 is 2.14 bits per heavy atom. The van der Waals surface area contributed by atoms with E-state index >= 15 is 0 Å². The van der Waals surface area contributed by atoms with E-state index in [1.807, 2.05) is 0 Å². The molecule has 14 heavy (non-hydrogen) atoms. The monoisotopic (exact) mass is 310 g/mol. The van der Waals surface area contributed by atoms with Gasteiger partial charge in [-0.15, -0.1) is 0 Å². The Kier molecular flexibility index (Phi) is 7.72. The van der Waals surface area contributed by atoms with Crippen molar-refractivity contribution in [3.63, 3.8) is 0 Å². The smallest absolute Gasteiger partial charge is 0.157 e. The first-order valence-electron chi connectivity index (χ1n) is 5.37. The van der Waals surface area contributed by atoms with E-state index in [1.54, 1.807) is 0 Å². The van der Waals surface area contributed by atoms with Gasteiger partial charge in [0, 0.05) is 11.0 Å². The van der Waals surface area contributed by atoms with Crippen LogP contribution < -0.4 is 0 Å². The average molecular weight is 310 g/mol. The molecule has 1 saturated heterocycles. The predicted molar refractivity (Wildman–Crippen MR) is 66.8 cm³/mol. The lowest BCUT2D eigenvalue weighted by molar-refractivity contribution is -0.161. The summed E-state index contributed by atoms with van der Waals surface area (Å²) in [6, 6.07) is 0. The van der Waals surface area contributed by atoms with Crippen molar-refractivity contribution in [1.29, 1.82) is 0 Å². The lowest BCUT2D eigenvalue weighted by atomic mass is 10.2. The highest BCUT2D eigenvalue weighted by Gasteiger charge is 2.12. The van der Waals surface area contributed by atoms with Gasteiger partial charge in [-0.05, 0) is 32.1 Å². The van der Waals surface area contributed by atoms with Crippen LogP contribution in [0.2, 0.25) is 0 Å². The Labute approximate surface area is 100 Å². The van der Waals surface area contributed by atoms with Gasteiger partial charge in [-0.25, -0.2) is 0 Å². The van der Waals surface area contributed by atoms with Crippen molar-refractivity contribution in [2.75, 3.05) is 17.6 Å². The molecular weight excluding hydrogens is 291 g/mol. The van der Waals surface area contributed by atoms with E-state index in [0.717, 1.165) is 26.1 Å². The molecule has 0 saturated carbocycles. The van der Waals surface area contributed by atoms with Crippen LogP contribution >= 0.6 is 22.6 Å². The molecule has 0 aliphatic carbocycles. The Morgan fingerprint density at radius 1 is 1.29 bits per heavy atom. The molecule has 82 valence electrons. The van der Waals surface area contributed by atoms with E-state index < -0.39 is 0 Å². The van der Waals surface area contributed by atoms with Crippen molar-refractivity contribution in [3.8, 4) is 0 Å². The van der Waals surface area contributed by atoms with Crippen molar-refractivity contribution in [3.05, 3.63) is 12.2 Å². The molecule has 1 unspecified atom stereocenters. The number of hydrogen-bond donors (Lipinski definition) is 0. The van der Waals surface area contributed by atoms with Crippen LogP contribution in [0.5, 0.6) is 0 Å². The highest BCUT2D eigenvalue weighted by Crippen LogP contribution is 2.13. The average Bonchev–Trinajstić information content (AvgIpc) is 2.25. The summed E-state index contributed by atoms with van der Waals surface area (Å²) in [5.41, 5.74) is 0. The van der Waals surface area contributed by atoms with Crippen LogP contribution in [0.25, 0.3) is 0 Å². The quantitative estimate of drug-likeness (QED) is 0.324. The van der Waals surface area contributed by atoms with Gasteiger partial charge in [-0.1, -0.05) is 34.7 Å². The molecule has 1 heterocycles. The summed E-state index contributed by atoms with van der Waals surface area (Å²) in [4.78, 5) is 0. The Morgan fingerprint density at radius 3 is 2.86 bits per heavy atom. The molecule has 0 spiro atoms. The van der Waals surface area contributed by atoms with Gasteiger partial charge in [-0.3, -0.25) is 0 Å².